The lowest BCUT2D eigenvalue weighted by Gasteiger charge is -2.16. The summed E-state index contributed by atoms with van der Waals surface area (Å²) in [6, 6.07) is 7.28. The zero-order chi connectivity index (χ0) is 20.9. The van der Waals surface area contributed by atoms with Crippen molar-refractivity contribution in [3.05, 3.63) is 40.2 Å². The van der Waals surface area contributed by atoms with Crippen molar-refractivity contribution < 1.29 is 27.5 Å². The molecule has 9 nitrogen and oxygen atoms in total. The Labute approximate surface area is 171 Å². The van der Waals surface area contributed by atoms with E-state index in [1.54, 1.807) is 6.07 Å². The molecule has 12 heteroatoms. The molecule has 0 saturated carbocycles. The summed E-state index contributed by atoms with van der Waals surface area (Å²) in [5, 5.41) is 0. The molecule has 0 unspecified atom stereocenters. The Bertz CT molecular complexity index is 977. The number of likely N-dealkylation sites (N-methyl/N-ethyl adjacent to an activating group) is 1. The SMILES string of the molecule is COc1ccc(C(=O)NNC(=O)CN(C)S(=O)(=O)c2ccc(Cl)s2)cc1OC. The number of hydrazine groups is 1. The number of hydrogen-bond donors (Lipinski definition) is 2. The molecule has 0 aliphatic carbocycles. The van der Waals surface area contributed by atoms with Crippen molar-refractivity contribution in [1.29, 1.82) is 0 Å². The minimum Gasteiger partial charge on any atom is -0.493 e. The highest BCUT2D eigenvalue weighted by atomic mass is 35.5. The number of nitrogens with zero attached hydrogens (tertiary/aromatic N) is 1. The molecule has 0 spiro atoms. The molecule has 1 aromatic heterocycles. The summed E-state index contributed by atoms with van der Waals surface area (Å²) in [7, 11) is 0.285. The second kappa shape index (κ2) is 9.24. The molecule has 0 bridgehead atoms. The van der Waals surface area contributed by atoms with E-state index in [9.17, 15) is 18.0 Å². The van der Waals surface area contributed by atoms with Crippen LogP contribution < -0.4 is 20.3 Å². The maximum absolute atomic E-state index is 12.4. The van der Waals surface area contributed by atoms with Gasteiger partial charge >= 0.3 is 0 Å². The first-order valence-corrected chi connectivity index (χ1v) is 10.4. The molecule has 2 rings (SSSR count). The number of carbonyl (C=O) groups excluding carboxylic acids is 2. The van der Waals surface area contributed by atoms with Gasteiger partial charge in [-0.1, -0.05) is 11.6 Å². The van der Waals surface area contributed by atoms with Crippen LogP contribution in [0.5, 0.6) is 11.5 Å². The van der Waals surface area contributed by atoms with E-state index in [1.807, 2.05) is 0 Å². The van der Waals surface area contributed by atoms with Gasteiger partial charge in [0.2, 0.25) is 0 Å². The van der Waals surface area contributed by atoms with Crippen LogP contribution in [0, 0.1) is 0 Å². The van der Waals surface area contributed by atoms with Crippen molar-refractivity contribution >= 4 is 44.8 Å². The van der Waals surface area contributed by atoms with E-state index in [-0.39, 0.29) is 9.77 Å². The number of nitrogens with one attached hydrogen (secondary N) is 2. The number of amides is 2. The molecule has 28 heavy (non-hydrogen) atoms. The molecular formula is C16H18ClN3O6S2. The molecule has 1 heterocycles. The van der Waals surface area contributed by atoms with Gasteiger partial charge < -0.3 is 9.47 Å². The first-order valence-electron chi connectivity index (χ1n) is 7.72. The van der Waals surface area contributed by atoms with E-state index < -0.39 is 28.4 Å². The normalized spacial score (nSPS) is 11.2. The van der Waals surface area contributed by atoms with Gasteiger partial charge in [0.25, 0.3) is 21.8 Å². The molecule has 152 valence electrons. The van der Waals surface area contributed by atoms with Crippen LogP contribution >= 0.6 is 22.9 Å². The third kappa shape index (κ3) is 5.13. The second-order valence-corrected chi connectivity index (χ2v) is 9.38. The smallest absolute Gasteiger partial charge is 0.269 e. The fourth-order valence-electron chi connectivity index (χ4n) is 2.09. The zero-order valence-electron chi connectivity index (χ0n) is 15.2. The summed E-state index contributed by atoms with van der Waals surface area (Å²) >= 11 is 6.64. The third-order valence-corrected chi connectivity index (χ3v) is 7.04. The van der Waals surface area contributed by atoms with Crippen molar-refractivity contribution in [2.75, 3.05) is 27.8 Å². The zero-order valence-corrected chi connectivity index (χ0v) is 17.6. The molecule has 2 amide bonds. The van der Waals surface area contributed by atoms with Gasteiger partial charge in [-0.25, -0.2) is 8.42 Å². The van der Waals surface area contributed by atoms with Gasteiger partial charge in [0.15, 0.2) is 11.5 Å². The summed E-state index contributed by atoms with van der Waals surface area (Å²) < 4.78 is 36.1. The quantitative estimate of drug-likeness (QED) is 0.622. The largest absolute Gasteiger partial charge is 0.493 e. The number of carbonyl (C=O) groups is 2. The Morgan fingerprint density at radius 1 is 1.11 bits per heavy atom. The van der Waals surface area contributed by atoms with E-state index in [0.29, 0.717) is 15.8 Å². The first kappa shape index (κ1) is 22.0. The van der Waals surface area contributed by atoms with Crippen LogP contribution in [0.25, 0.3) is 0 Å². The van der Waals surface area contributed by atoms with Crippen LogP contribution in [-0.2, 0) is 14.8 Å². The van der Waals surface area contributed by atoms with Crippen LogP contribution in [0.4, 0.5) is 0 Å². The van der Waals surface area contributed by atoms with E-state index in [2.05, 4.69) is 10.9 Å². The van der Waals surface area contributed by atoms with Crippen LogP contribution in [0.2, 0.25) is 4.34 Å². The van der Waals surface area contributed by atoms with Gasteiger partial charge in [-0.2, -0.15) is 4.31 Å². The average Bonchev–Trinajstić information content (AvgIpc) is 3.12. The molecule has 2 N–H and O–H groups in total. The van der Waals surface area contributed by atoms with E-state index >= 15 is 0 Å². The highest BCUT2D eigenvalue weighted by Gasteiger charge is 2.25. The van der Waals surface area contributed by atoms with Gasteiger partial charge in [0.1, 0.15) is 4.21 Å². The Kier molecular flexibility index (Phi) is 7.24. The molecule has 0 aliphatic heterocycles. The highest BCUT2D eigenvalue weighted by Crippen LogP contribution is 2.28. The van der Waals surface area contributed by atoms with Crippen molar-refractivity contribution in [3.63, 3.8) is 0 Å². The summed E-state index contributed by atoms with van der Waals surface area (Å²) in [5.74, 6) is -0.530. The number of sulfonamides is 1. The summed E-state index contributed by atoms with van der Waals surface area (Å²) in [5.41, 5.74) is 4.60. The lowest BCUT2D eigenvalue weighted by Crippen LogP contribution is -2.46. The summed E-state index contributed by atoms with van der Waals surface area (Å²) in [6.07, 6.45) is 0. The minimum atomic E-state index is -3.86. The van der Waals surface area contributed by atoms with Gasteiger partial charge in [0.05, 0.1) is 25.1 Å². The monoisotopic (exact) mass is 447 g/mol. The third-order valence-electron chi connectivity index (χ3n) is 3.54. The molecule has 0 saturated heterocycles. The summed E-state index contributed by atoms with van der Waals surface area (Å²) in [6.45, 7) is -0.496. The molecule has 0 radical (unpaired) electrons. The average molecular weight is 448 g/mol. The van der Waals surface area contributed by atoms with Gasteiger partial charge in [0, 0.05) is 12.6 Å². The number of ether oxygens (including phenoxy) is 2. The van der Waals surface area contributed by atoms with Crippen molar-refractivity contribution in [3.8, 4) is 11.5 Å². The van der Waals surface area contributed by atoms with Crippen LogP contribution in [-0.4, -0.2) is 52.3 Å². The van der Waals surface area contributed by atoms with Crippen LogP contribution in [0.3, 0.4) is 0 Å². The van der Waals surface area contributed by atoms with Gasteiger partial charge in [-0.05, 0) is 30.3 Å². The number of methoxy groups -OCH3 is 2. The molecule has 1 aromatic carbocycles. The highest BCUT2D eigenvalue weighted by molar-refractivity contribution is 7.91. The topological polar surface area (TPSA) is 114 Å². The van der Waals surface area contributed by atoms with E-state index in [0.717, 1.165) is 15.6 Å². The second-order valence-electron chi connectivity index (χ2n) is 5.39. The standard InChI is InChI=1S/C16H18ClN3O6S2/c1-20(28(23,24)15-7-6-13(17)27-15)9-14(21)18-19-16(22)10-4-5-11(25-2)12(8-10)26-3/h4-8H,9H2,1-3H3,(H,18,21)(H,19,22). The minimum absolute atomic E-state index is 0.0159. The number of benzene rings is 1. The first-order chi connectivity index (χ1) is 13.2. The number of thiophene rings is 1. The van der Waals surface area contributed by atoms with Crippen molar-refractivity contribution in [1.82, 2.24) is 15.2 Å². The summed E-state index contributed by atoms with van der Waals surface area (Å²) in [4.78, 5) is 24.2. The fraction of sp³-hybridized carbons (Fsp3) is 0.250. The maximum atomic E-state index is 12.4. The van der Waals surface area contributed by atoms with Crippen molar-refractivity contribution in [2.45, 2.75) is 4.21 Å². The Morgan fingerprint density at radius 2 is 1.79 bits per heavy atom. The number of rotatable bonds is 7. The van der Waals surface area contributed by atoms with Crippen molar-refractivity contribution in [2.24, 2.45) is 0 Å². The van der Waals surface area contributed by atoms with E-state index in [4.69, 9.17) is 21.1 Å². The van der Waals surface area contributed by atoms with Crippen LogP contribution in [0.15, 0.2) is 34.5 Å². The Hall–Kier alpha value is -2.34. The van der Waals surface area contributed by atoms with Gasteiger partial charge in [-0.15, -0.1) is 11.3 Å². The number of hydrogen-bond acceptors (Lipinski definition) is 7. The molecule has 0 fully saturated rings. The van der Waals surface area contributed by atoms with Crippen LogP contribution in [0.1, 0.15) is 10.4 Å². The predicted octanol–water partition coefficient (Wildman–Crippen LogP) is 1.50. The molecule has 0 atom stereocenters. The fourth-order valence-corrected chi connectivity index (χ4v) is 4.91. The number of halogens is 1. The molecular weight excluding hydrogens is 430 g/mol. The lowest BCUT2D eigenvalue weighted by molar-refractivity contribution is -0.121. The maximum Gasteiger partial charge on any atom is 0.269 e. The van der Waals surface area contributed by atoms with Gasteiger partial charge in [-0.3, -0.25) is 20.4 Å². The predicted molar refractivity (Wildman–Crippen MR) is 104 cm³/mol. The lowest BCUT2D eigenvalue weighted by atomic mass is 10.2. The molecule has 2 aromatic rings. The van der Waals surface area contributed by atoms with E-state index in [1.165, 1.54) is 45.5 Å². The Balaban J connectivity index is 1.95. The Morgan fingerprint density at radius 3 is 2.36 bits per heavy atom. The molecule has 0 aliphatic rings.